The molecular weight excluding hydrogens is 462 g/mol. The number of amides is 1. The van der Waals surface area contributed by atoms with E-state index in [4.69, 9.17) is 18.9 Å². The van der Waals surface area contributed by atoms with E-state index in [1.165, 1.54) is 37.4 Å². The number of hydrogen-bond acceptors (Lipinski definition) is 6. The van der Waals surface area contributed by atoms with E-state index in [2.05, 4.69) is 4.74 Å². The number of likely N-dealkylation sites (tertiary alicyclic amines) is 1. The normalized spacial score (nSPS) is 22.4. The van der Waals surface area contributed by atoms with Crippen molar-refractivity contribution < 1.29 is 46.0 Å². The van der Waals surface area contributed by atoms with Gasteiger partial charge in [-0.25, -0.2) is 4.39 Å². The number of alkyl halides is 3. The number of nitrogens with zero attached hydrogens (tertiary/aromatic N) is 1. The van der Waals surface area contributed by atoms with Gasteiger partial charge >= 0.3 is 6.36 Å². The first kappa shape index (κ1) is 24.2. The number of halogens is 4. The van der Waals surface area contributed by atoms with E-state index in [0.29, 0.717) is 18.5 Å². The van der Waals surface area contributed by atoms with Gasteiger partial charge in [-0.1, -0.05) is 12.1 Å². The lowest BCUT2D eigenvalue weighted by atomic mass is 9.82. The minimum absolute atomic E-state index is 0.0714. The highest BCUT2D eigenvalue weighted by Gasteiger charge is 2.51. The molecule has 2 fully saturated rings. The minimum atomic E-state index is -4.74. The number of methoxy groups -OCH3 is 1. The highest BCUT2D eigenvalue weighted by atomic mass is 19.4. The molecule has 0 aliphatic carbocycles. The lowest BCUT2D eigenvalue weighted by Gasteiger charge is -2.42. The first-order valence-electron chi connectivity index (χ1n) is 10.5. The van der Waals surface area contributed by atoms with Crippen LogP contribution in [0.4, 0.5) is 17.6 Å². The second kappa shape index (κ2) is 9.77. The second-order valence-electron chi connectivity index (χ2n) is 7.82. The summed E-state index contributed by atoms with van der Waals surface area (Å²) in [7, 11) is 1.37. The van der Waals surface area contributed by atoms with Crippen LogP contribution in [0.1, 0.15) is 22.3 Å². The number of benzene rings is 2. The van der Waals surface area contributed by atoms with E-state index in [0.717, 1.165) is 5.56 Å². The van der Waals surface area contributed by atoms with Gasteiger partial charge in [0.2, 0.25) is 0 Å². The molecule has 0 radical (unpaired) electrons. The molecule has 0 N–H and O–H groups in total. The van der Waals surface area contributed by atoms with Crippen molar-refractivity contribution in [1.29, 1.82) is 0 Å². The Morgan fingerprint density at radius 3 is 2.62 bits per heavy atom. The summed E-state index contributed by atoms with van der Waals surface area (Å²) in [6.07, 6.45) is -4.69. The van der Waals surface area contributed by atoms with Crippen LogP contribution in [0.5, 0.6) is 11.5 Å². The van der Waals surface area contributed by atoms with Crippen LogP contribution in [0.25, 0.3) is 0 Å². The van der Waals surface area contributed by atoms with Crippen LogP contribution in [0.3, 0.4) is 0 Å². The third kappa shape index (κ3) is 5.11. The third-order valence-electron chi connectivity index (χ3n) is 5.88. The van der Waals surface area contributed by atoms with Gasteiger partial charge in [-0.05, 0) is 35.9 Å². The Balaban J connectivity index is 1.43. The first-order valence-corrected chi connectivity index (χ1v) is 10.5. The zero-order chi connectivity index (χ0) is 24.3. The summed E-state index contributed by atoms with van der Waals surface area (Å²) in [5.74, 6) is -0.228. The first-order chi connectivity index (χ1) is 16.2. The highest BCUT2D eigenvalue weighted by Crippen LogP contribution is 2.43. The molecular formula is C23H23F4NO6. The molecule has 34 heavy (non-hydrogen) atoms. The summed E-state index contributed by atoms with van der Waals surface area (Å²) >= 11 is 0. The van der Waals surface area contributed by atoms with Crippen LogP contribution in [0.2, 0.25) is 0 Å². The summed E-state index contributed by atoms with van der Waals surface area (Å²) in [5.41, 5.74) is 0.364. The van der Waals surface area contributed by atoms with Gasteiger partial charge in [0.25, 0.3) is 5.91 Å². The van der Waals surface area contributed by atoms with Crippen LogP contribution in [-0.4, -0.2) is 63.5 Å². The van der Waals surface area contributed by atoms with Crippen LogP contribution in [-0.2, 0) is 19.8 Å². The zero-order valence-electron chi connectivity index (χ0n) is 18.3. The molecule has 2 heterocycles. The quantitative estimate of drug-likeness (QED) is 0.438. The fraction of sp³-hybridized carbons (Fsp3) is 0.435. The summed E-state index contributed by atoms with van der Waals surface area (Å²) in [5, 5.41) is 0. The molecule has 2 aliphatic rings. The minimum Gasteiger partial charge on any atom is -0.493 e. The molecule has 7 nitrogen and oxygen atoms in total. The van der Waals surface area contributed by atoms with Gasteiger partial charge in [0.15, 0.2) is 11.5 Å². The van der Waals surface area contributed by atoms with Crippen molar-refractivity contribution in [2.45, 2.75) is 24.5 Å². The maximum Gasteiger partial charge on any atom is 0.522 e. The van der Waals surface area contributed by atoms with Crippen molar-refractivity contribution in [2.75, 3.05) is 40.2 Å². The standard InChI is InChI=1S/C23H23F4NO6/c1-30-19-12-15(2-7-18(19)31-10-11-33-23(25,26)27)21(29)28-9-8-22(20(13-28)32-14-34-22)16-3-5-17(24)6-4-16/h2-7,12,20H,8-11,13-14H2,1H3/t20?,22-/m1/s1. The zero-order valence-corrected chi connectivity index (χ0v) is 18.3. The van der Waals surface area contributed by atoms with Gasteiger partial charge in [-0.3, -0.25) is 9.53 Å². The molecule has 2 aliphatic heterocycles. The van der Waals surface area contributed by atoms with E-state index in [1.54, 1.807) is 17.0 Å². The largest absolute Gasteiger partial charge is 0.522 e. The summed E-state index contributed by atoms with van der Waals surface area (Å²) in [6, 6.07) is 10.5. The average Bonchev–Trinajstić information content (AvgIpc) is 3.25. The molecule has 2 saturated heterocycles. The molecule has 184 valence electrons. The molecule has 0 aromatic heterocycles. The Kier molecular flexibility index (Phi) is 6.96. The molecule has 11 heteroatoms. The van der Waals surface area contributed by atoms with Gasteiger partial charge in [0.05, 0.1) is 20.3 Å². The van der Waals surface area contributed by atoms with Gasteiger partial charge in [-0.15, -0.1) is 13.2 Å². The SMILES string of the molecule is COc1cc(C(=O)N2CC[C@]3(c4ccc(F)cc4)OCOC3C2)ccc1OCCOC(F)(F)F. The number of rotatable bonds is 7. The number of piperidine rings is 1. The number of ether oxygens (including phenoxy) is 5. The van der Waals surface area contributed by atoms with Crippen molar-refractivity contribution in [2.24, 2.45) is 0 Å². The molecule has 0 bridgehead atoms. The number of carbonyl (C=O) groups is 1. The van der Waals surface area contributed by atoms with Crippen molar-refractivity contribution in [3.63, 3.8) is 0 Å². The van der Waals surface area contributed by atoms with E-state index >= 15 is 0 Å². The molecule has 2 aromatic rings. The van der Waals surface area contributed by atoms with Crippen LogP contribution >= 0.6 is 0 Å². The predicted molar refractivity (Wildman–Crippen MR) is 110 cm³/mol. The number of fused-ring (bicyclic) bond motifs is 1. The second-order valence-corrected chi connectivity index (χ2v) is 7.82. The molecule has 1 unspecified atom stereocenters. The van der Waals surface area contributed by atoms with Gasteiger partial charge in [0, 0.05) is 18.5 Å². The van der Waals surface area contributed by atoms with E-state index in [9.17, 15) is 22.4 Å². The topological polar surface area (TPSA) is 66.5 Å². The molecule has 4 rings (SSSR count). The van der Waals surface area contributed by atoms with E-state index in [-0.39, 0.29) is 43.2 Å². The smallest absolute Gasteiger partial charge is 0.493 e. The van der Waals surface area contributed by atoms with Crippen LogP contribution < -0.4 is 9.47 Å². The lowest BCUT2D eigenvalue weighted by Crippen LogP contribution is -2.53. The van der Waals surface area contributed by atoms with Crippen molar-refractivity contribution in [3.8, 4) is 11.5 Å². The Morgan fingerprint density at radius 2 is 1.91 bits per heavy atom. The molecule has 0 saturated carbocycles. The molecule has 1 amide bonds. The van der Waals surface area contributed by atoms with Gasteiger partial charge in [0.1, 0.15) is 30.9 Å². The molecule has 2 atom stereocenters. The number of carbonyl (C=O) groups excluding carboxylic acids is 1. The Hall–Kier alpha value is -2.89. The third-order valence-corrected chi connectivity index (χ3v) is 5.88. The average molecular weight is 485 g/mol. The summed E-state index contributed by atoms with van der Waals surface area (Å²) in [4.78, 5) is 14.8. The summed E-state index contributed by atoms with van der Waals surface area (Å²) in [6.45, 7) is -0.306. The van der Waals surface area contributed by atoms with E-state index in [1.807, 2.05) is 0 Å². The maximum absolute atomic E-state index is 13.4. The molecule has 2 aromatic carbocycles. The Bertz CT molecular complexity index is 1020. The fourth-order valence-corrected chi connectivity index (χ4v) is 4.22. The van der Waals surface area contributed by atoms with E-state index < -0.39 is 24.7 Å². The number of hydrogen-bond donors (Lipinski definition) is 0. The van der Waals surface area contributed by atoms with Gasteiger partial charge < -0.3 is 23.8 Å². The fourth-order valence-electron chi connectivity index (χ4n) is 4.22. The Morgan fingerprint density at radius 1 is 1.15 bits per heavy atom. The summed E-state index contributed by atoms with van der Waals surface area (Å²) < 4.78 is 75.5. The lowest BCUT2D eigenvalue weighted by molar-refractivity contribution is -0.325. The van der Waals surface area contributed by atoms with Crippen molar-refractivity contribution >= 4 is 5.91 Å². The maximum atomic E-state index is 13.4. The predicted octanol–water partition coefficient (Wildman–Crippen LogP) is 3.86. The van der Waals surface area contributed by atoms with Gasteiger partial charge in [-0.2, -0.15) is 0 Å². The monoisotopic (exact) mass is 485 g/mol. The van der Waals surface area contributed by atoms with Crippen molar-refractivity contribution in [3.05, 3.63) is 59.4 Å². The van der Waals surface area contributed by atoms with Crippen LogP contribution in [0.15, 0.2) is 42.5 Å². The van der Waals surface area contributed by atoms with Crippen molar-refractivity contribution in [1.82, 2.24) is 4.90 Å². The Labute approximate surface area is 193 Å². The van der Waals surface area contributed by atoms with Crippen LogP contribution in [0, 0.1) is 5.82 Å². The highest BCUT2D eigenvalue weighted by molar-refractivity contribution is 5.95. The molecule has 0 spiro atoms.